The molecule has 0 amide bonds. The quantitative estimate of drug-likeness (QED) is 0.511. The highest BCUT2D eigenvalue weighted by molar-refractivity contribution is 5.07. The van der Waals surface area contributed by atoms with Gasteiger partial charge in [0, 0.05) is 6.54 Å². The van der Waals surface area contributed by atoms with Crippen molar-refractivity contribution in [3.8, 4) is 0 Å². The molecule has 0 aromatic carbocycles. The van der Waals surface area contributed by atoms with E-state index in [4.69, 9.17) is 4.42 Å². The molecule has 0 spiro atoms. The van der Waals surface area contributed by atoms with Crippen LogP contribution in [0.25, 0.3) is 0 Å². The lowest BCUT2D eigenvalue weighted by atomic mass is 10.3. The van der Waals surface area contributed by atoms with Gasteiger partial charge in [0.25, 0.3) is 0 Å². The Morgan fingerprint density at radius 3 is 2.72 bits per heavy atom. The maximum Gasteiger partial charge on any atom is 0.118 e. The van der Waals surface area contributed by atoms with Crippen molar-refractivity contribution < 1.29 is 4.42 Å². The van der Waals surface area contributed by atoms with Crippen molar-refractivity contribution >= 4 is 0 Å². The number of nitrogens with one attached hydrogen (secondary N) is 1. The maximum absolute atomic E-state index is 5.81. The van der Waals surface area contributed by atoms with Crippen LogP contribution in [0.15, 0.2) is 29.2 Å². The summed E-state index contributed by atoms with van der Waals surface area (Å²) in [6.45, 7) is 12.9. The molecule has 1 rings (SSSR count). The highest BCUT2D eigenvalue weighted by Crippen LogP contribution is 2.11. The van der Waals surface area contributed by atoms with Crippen LogP contribution in [0.4, 0.5) is 0 Å². The molecule has 0 aliphatic carbocycles. The van der Waals surface area contributed by atoms with Gasteiger partial charge in [-0.1, -0.05) is 19.9 Å². The Kier molecular flexibility index (Phi) is 7.46. The van der Waals surface area contributed by atoms with Gasteiger partial charge in [-0.05, 0) is 38.1 Å². The second kappa shape index (κ2) is 8.95. The fourth-order valence-electron chi connectivity index (χ4n) is 1.94. The van der Waals surface area contributed by atoms with Crippen molar-refractivity contribution in [1.29, 1.82) is 0 Å². The maximum atomic E-state index is 5.81. The topological polar surface area (TPSA) is 28.4 Å². The van der Waals surface area contributed by atoms with Gasteiger partial charge in [0.2, 0.25) is 0 Å². The zero-order chi connectivity index (χ0) is 13.2. The smallest absolute Gasteiger partial charge is 0.118 e. The molecule has 0 saturated carbocycles. The zero-order valence-electron chi connectivity index (χ0n) is 11.7. The fourth-order valence-corrected chi connectivity index (χ4v) is 1.94. The first kappa shape index (κ1) is 15.0. The number of hydrogen-bond acceptors (Lipinski definition) is 3. The minimum Gasteiger partial charge on any atom is -0.463 e. The van der Waals surface area contributed by atoms with Crippen LogP contribution in [0.3, 0.4) is 0 Å². The predicted octanol–water partition coefficient (Wildman–Crippen LogP) is 3.18. The van der Waals surface area contributed by atoms with Crippen LogP contribution in [-0.4, -0.2) is 24.5 Å². The molecule has 0 fully saturated rings. The summed E-state index contributed by atoms with van der Waals surface area (Å²) in [6, 6.07) is 4.14. The molecule has 0 atom stereocenters. The van der Waals surface area contributed by atoms with E-state index in [1.54, 1.807) is 0 Å². The second-order valence-electron chi connectivity index (χ2n) is 4.57. The average molecular weight is 250 g/mol. The van der Waals surface area contributed by atoms with Gasteiger partial charge in [0.15, 0.2) is 0 Å². The van der Waals surface area contributed by atoms with Crippen molar-refractivity contribution in [3.05, 3.63) is 36.3 Å². The van der Waals surface area contributed by atoms with Crippen molar-refractivity contribution in [2.24, 2.45) is 0 Å². The van der Waals surface area contributed by atoms with Crippen LogP contribution >= 0.6 is 0 Å². The molecule has 1 aromatic rings. The normalized spacial score (nSPS) is 11.1. The molecule has 1 heterocycles. The van der Waals surface area contributed by atoms with Gasteiger partial charge in [0.1, 0.15) is 11.5 Å². The van der Waals surface area contributed by atoms with Gasteiger partial charge < -0.3 is 9.73 Å². The standard InChI is InChI=1S/C15H26N2O/c1-4-9-16-12-14-7-8-15(18-14)13-17(10-5-2)11-6-3/h5,7-8,16H,2,4,6,9-13H2,1,3H3. The molecular weight excluding hydrogens is 224 g/mol. The van der Waals surface area contributed by atoms with Gasteiger partial charge in [-0.25, -0.2) is 0 Å². The fraction of sp³-hybridized carbons (Fsp3) is 0.600. The Morgan fingerprint density at radius 1 is 1.28 bits per heavy atom. The lowest BCUT2D eigenvalue weighted by Crippen LogP contribution is -2.23. The zero-order valence-corrected chi connectivity index (χ0v) is 11.7. The van der Waals surface area contributed by atoms with Crippen molar-refractivity contribution in [1.82, 2.24) is 10.2 Å². The highest BCUT2D eigenvalue weighted by atomic mass is 16.3. The lowest BCUT2D eigenvalue weighted by Gasteiger charge is -2.18. The largest absolute Gasteiger partial charge is 0.463 e. The highest BCUT2D eigenvalue weighted by Gasteiger charge is 2.07. The summed E-state index contributed by atoms with van der Waals surface area (Å²) in [5.74, 6) is 2.06. The molecule has 0 bridgehead atoms. The van der Waals surface area contributed by atoms with E-state index in [9.17, 15) is 0 Å². The molecule has 102 valence electrons. The van der Waals surface area contributed by atoms with E-state index >= 15 is 0 Å². The summed E-state index contributed by atoms with van der Waals surface area (Å²) >= 11 is 0. The molecule has 18 heavy (non-hydrogen) atoms. The molecule has 1 N–H and O–H groups in total. The number of hydrogen-bond donors (Lipinski definition) is 1. The van der Waals surface area contributed by atoms with E-state index in [1.807, 2.05) is 6.08 Å². The van der Waals surface area contributed by atoms with Crippen molar-refractivity contribution in [2.75, 3.05) is 19.6 Å². The Morgan fingerprint density at radius 2 is 2.06 bits per heavy atom. The molecule has 0 aliphatic heterocycles. The summed E-state index contributed by atoms with van der Waals surface area (Å²) in [4.78, 5) is 2.34. The molecule has 1 aromatic heterocycles. The Bertz CT molecular complexity index is 333. The number of nitrogens with zero attached hydrogens (tertiary/aromatic N) is 1. The molecule has 3 nitrogen and oxygen atoms in total. The first-order valence-corrected chi connectivity index (χ1v) is 6.91. The molecule has 0 aliphatic rings. The van der Waals surface area contributed by atoms with Crippen LogP contribution in [-0.2, 0) is 13.1 Å². The van der Waals surface area contributed by atoms with E-state index in [2.05, 4.69) is 42.8 Å². The Balaban J connectivity index is 2.43. The summed E-state index contributed by atoms with van der Waals surface area (Å²) in [7, 11) is 0. The van der Waals surface area contributed by atoms with Gasteiger partial charge in [-0.3, -0.25) is 4.90 Å². The summed E-state index contributed by atoms with van der Waals surface area (Å²) in [5.41, 5.74) is 0. The summed E-state index contributed by atoms with van der Waals surface area (Å²) < 4.78 is 5.81. The van der Waals surface area contributed by atoms with Crippen molar-refractivity contribution in [3.63, 3.8) is 0 Å². The third-order valence-electron chi connectivity index (χ3n) is 2.75. The Hall–Kier alpha value is -1.06. The SMILES string of the molecule is C=CCN(CCC)Cc1ccc(CNCCC)o1. The predicted molar refractivity (Wildman–Crippen MR) is 76.5 cm³/mol. The van der Waals surface area contributed by atoms with E-state index < -0.39 is 0 Å². The average Bonchev–Trinajstić information content (AvgIpc) is 2.78. The molecule has 0 saturated heterocycles. The first-order valence-electron chi connectivity index (χ1n) is 6.91. The van der Waals surface area contributed by atoms with E-state index in [0.29, 0.717) is 0 Å². The van der Waals surface area contributed by atoms with Crippen LogP contribution in [0.1, 0.15) is 38.2 Å². The van der Waals surface area contributed by atoms with Gasteiger partial charge >= 0.3 is 0 Å². The van der Waals surface area contributed by atoms with Crippen LogP contribution in [0.5, 0.6) is 0 Å². The van der Waals surface area contributed by atoms with Crippen LogP contribution < -0.4 is 5.32 Å². The monoisotopic (exact) mass is 250 g/mol. The molecule has 0 radical (unpaired) electrons. The van der Waals surface area contributed by atoms with Gasteiger partial charge in [-0.15, -0.1) is 6.58 Å². The van der Waals surface area contributed by atoms with Crippen LogP contribution in [0, 0.1) is 0 Å². The third kappa shape index (κ3) is 5.52. The first-order chi connectivity index (χ1) is 8.80. The minimum absolute atomic E-state index is 0.822. The van der Waals surface area contributed by atoms with Gasteiger partial charge in [-0.2, -0.15) is 0 Å². The van der Waals surface area contributed by atoms with E-state index in [1.165, 1.54) is 0 Å². The Labute approximate surface area is 111 Å². The van der Waals surface area contributed by atoms with Crippen molar-refractivity contribution in [2.45, 2.75) is 39.8 Å². The number of furan rings is 1. The summed E-state index contributed by atoms with van der Waals surface area (Å²) in [5, 5.41) is 3.34. The minimum atomic E-state index is 0.822. The van der Waals surface area contributed by atoms with E-state index in [0.717, 1.165) is 57.1 Å². The van der Waals surface area contributed by atoms with Crippen LogP contribution in [0.2, 0.25) is 0 Å². The third-order valence-corrected chi connectivity index (χ3v) is 2.75. The summed E-state index contributed by atoms with van der Waals surface area (Å²) in [6.07, 6.45) is 4.25. The van der Waals surface area contributed by atoms with E-state index in [-0.39, 0.29) is 0 Å². The number of rotatable bonds is 10. The molecule has 0 unspecified atom stereocenters. The molecular formula is C15H26N2O. The second-order valence-corrected chi connectivity index (χ2v) is 4.57. The van der Waals surface area contributed by atoms with Gasteiger partial charge in [0.05, 0.1) is 13.1 Å². The molecule has 3 heteroatoms. The lowest BCUT2D eigenvalue weighted by molar-refractivity contribution is 0.264.